The highest BCUT2D eigenvalue weighted by Gasteiger charge is 2.12. The third-order valence-corrected chi connectivity index (χ3v) is 1.73. The molecule has 0 amide bonds. The standard InChI is InChI=1S/C10H10O3/c1-3-7-4-6(2)5-8(9(7)11)10(12)13/h3-5,11H,1H2,2H3,(H,12,13). The predicted molar refractivity (Wildman–Crippen MR) is 49.9 cm³/mol. The molecule has 0 atom stereocenters. The topological polar surface area (TPSA) is 57.5 Å². The van der Waals surface area contributed by atoms with Gasteiger partial charge in [-0.05, 0) is 24.6 Å². The van der Waals surface area contributed by atoms with E-state index in [-0.39, 0.29) is 11.3 Å². The molecule has 0 radical (unpaired) electrons. The van der Waals surface area contributed by atoms with Gasteiger partial charge in [0.25, 0.3) is 0 Å². The first-order valence-electron chi connectivity index (χ1n) is 3.75. The van der Waals surface area contributed by atoms with Crippen molar-refractivity contribution in [1.29, 1.82) is 0 Å². The third-order valence-electron chi connectivity index (χ3n) is 1.73. The Morgan fingerprint density at radius 1 is 1.54 bits per heavy atom. The summed E-state index contributed by atoms with van der Waals surface area (Å²) in [5, 5.41) is 18.1. The van der Waals surface area contributed by atoms with Crippen molar-refractivity contribution in [3.8, 4) is 5.75 Å². The lowest BCUT2D eigenvalue weighted by Crippen LogP contribution is -1.98. The second-order valence-corrected chi connectivity index (χ2v) is 2.76. The molecule has 2 N–H and O–H groups in total. The van der Waals surface area contributed by atoms with Crippen LogP contribution in [-0.4, -0.2) is 16.2 Å². The maximum absolute atomic E-state index is 10.6. The number of hydrogen-bond donors (Lipinski definition) is 2. The normalized spacial score (nSPS) is 9.62. The van der Waals surface area contributed by atoms with Gasteiger partial charge in [0.1, 0.15) is 11.3 Å². The Kier molecular flexibility index (Phi) is 2.37. The highest BCUT2D eigenvalue weighted by molar-refractivity contribution is 5.92. The summed E-state index contributed by atoms with van der Waals surface area (Å²) in [6, 6.07) is 3.10. The van der Waals surface area contributed by atoms with Crippen LogP contribution in [0.3, 0.4) is 0 Å². The first-order valence-corrected chi connectivity index (χ1v) is 3.75. The zero-order chi connectivity index (χ0) is 10.0. The molecule has 0 aliphatic carbocycles. The molecule has 13 heavy (non-hydrogen) atoms. The number of phenols is 1. The van der Waals surface area contributed by atoms with Gasteiger partial charge in [0.15, 0.2) is 0 Å². The average Bonchev–Trinajstić information content (AvgIpc) is 2.08. The van der Waals surface area contributed by atoms with E-state index in [0.717, 1.165) is 5.56 Å². The molecular weight excluding hydrogens is 168 g/mol. The van der Waals surface area contributed by atoms with E-state index in [1.807, 2.05) is 0 Å². The molecule has 0 aliphatic rings. The first-order chi connectivity index (χ1) is 6.06. The molecule has 0 bridgehead atoms. The molecule has 0 unspecified atom stereocenters. The molecule has 0 saturated carbocycles. The Bertz CT molecular complexity index is 367. The van der Waals surface area contributed by atoms with Crippen molar-refractivity contribution in [3.63, 3.8) is 0 Å². The van der Waals surface area contributed by atoms with Crippen LogP contribution in [0.4, 0.5) is 0 Å². The van der Waals surface area contributed by atoms with Crippen molar-refractivity contribution in [1.82, 2.24) is 0 Å². The van der Waals surface area contributed by atoms with Gasteiger partial charge < -0.3 is 10.2 Å². The van der Waals surface area contributed by atoms with Gasteiger partial charge in [0.2, 0.25) is 0 Å². The van der Waals surface area contributed by atoms with Crippen LogP contribution in [0.25, 0.3) is 6.08 Å². The molecule has 3 nitrogen and oxygen atoms in total. The van der Waals surface area contributed by atoms with Crippen molar-refractivity contribution in [2.45, 2.75) is 6.92 Å². The number of carboxylic acid groups (broad SMARTS) is 1. The molecule has 3 heteroatoms. The largest absolute Gasteiger partial charge is 0.506 e. The van der Waals surface area contributed by atoms with Gasteiger partial charge >= 0.3 is 5.97 Å². The fourth-order valence-electron chi connectivity index (χ4n) is 1.13. The van der Waals surface area contributed by atoms with E-state index < -0.39 is 5.97 Å². The van der Waals surface area contributed by atoms with Gasteiger partial charge in [-0.15, -0.1) is 0 Å². The van der Waals surface area contributed by atoms with Gasteiger partial charge in [-0.1, -0.05) is 12.7 Å². The number of benzene rings is 1. The van der Waals surface area contributed by atoms with Gasteiger partial charge in [-0.25, -0.2) is 4.79 Å². The second-order valence-electron chi connectivity index (χ2n) is 2.76. The summed E-state index contributed by atoms with van der Waals surface area (Å²) in [6.45, 7) is 5.24. The molecular formula is C10H10O3. The Balaban J connectivity index is 3.44. The number of aromatic hydroxyl groups is 1. The van der Waals surface area contributed by atoms with Gasteiger partial charge in [-0.2, -0.15) is 0 Å². The molecule has 0 saturated heterocycles. The van der Waals surface area contributed by atoms with Crippen LogP contribution in [-0.2, 0) is 0 Å². The van der Waals surface area contributed by atoms with Crippen molar-refractivity contribution >= 4 is 12.0 Å². The summed E-state index contributed by atoms with van der Waals surface area (Å²) >= 11 is 0. The van der Waals surface area contributed by atoms with Crippen molar-refractivity contribution < 1.29 is 15.0 Å². The Hall–Kier alpha value is -1.77. The summed E-state index contributed by atoms with van der Waals surface area (Å²) in [7, 11) is 0. The van der Waals surface area contributed by atoms with E-state index in [1.54, 1.807) is 13.0 Å². The van der Waals surface area contributed by atoms with E-state index in [4.69, 9.17) is 5.11 Å². The third kappa shape index (κ3) is 1.69. The molecule has 0 aliphatic heterocycles. The molecule has 1 rings (SSSR count). The zero-order valence-corrected chi connectivity index (χ0v) is 7.24. The summed E-state index contributed by atoms with van der Waals surface area (Å²) in [4.78, 5) is 10.6. The molecule has 0 fully saturated rings. The Morgan fingerprint density at radius 3 is 2.62 bits per heavy atom. The number of carboxylic acids is 1. The minimum atomic E-state index is -1.13. The van der Waals surface area contributed by atoms with Crippen LogP contribution < -0.4 is 0 Å². The van der Waals surface area contributed by atoms with E-state index >= 15 is 0 Å². The fraction of sp³-hybridized carbons (Fsp3) is 0.100. The number of aryl methyl sites for hydroxylation is 1. The van der Waals surface area contributed by atoms with Gasteiger partial charge in [0, 0.05) is 5.56 Å². The minimum absolute atomic E-state index is 0.0881. The van der Waals surface area contributed by atoms with Crippen LogP contribution in [0.1, 0.15) is 21.5 Å². The monoisotopic (exact) mass is 178 g/mol. The number of carbonyl (C=O) groups is 1. The lowest BCUT2D eigenvalue weighted by molar-refractivity contribution is 0.0693. The van der Waals surface area contributed by atoms with Crippen LogP contribution in [0.2, 0.25) is 0 Å². The first kappa shape index (κ1) is 9.32. The van der Waals surface area contributed by atoms with Crippen molar-refractivity contribution in [2.24, 2.45) is 0 Å². The highest BCUT2D eigenvalue weighted by atomic mass is 16.4. The molecule has 0 aromatic heterocycles. The van der Waals surface area contributed by atoms with Gasteiger partial charge in [-0.3, -0.25) is 0 Å². The lowest BCUT2D eigenvalue weighted by atomic mass is 10.0. The van der Waals surface area contributed by atoms with Crippen molar-refractivity contribution in [3.05, 3.63) is 35.4 Å². The van der Waals surface area contributed by atoms with E-state index in [2.05, 4.69) is 6.58 Å². The molecule has 0 heterocycles. The lowest BCUT2D eigenvalue weighted by Gasteiger charge is -2.04. The Morgan fingerprint density at radius 2 is 2.15 bits per heavy atom. The predicted octanol–water partition coefficient (Wildman–Crippen LogP) is 2.04. The van der Waals surface area contributed by atoms with Crippen LogP contribution in [0.5, 0.6) is 5.75 Å². The number of rotatable bonds is 2. The van der Waals surface area contributed by atoms with Gasteiger partial charge in [0.05, 0.1) is 0 Å². The molecule has 1 aromatic rings. The molecule has 0 spiro atoms. The number of aromatic carboxylic acids is 1. The molecule has 1 aromatic carbocycles. The van der Waals surface area contributed by atoms with Crippen LogP contribution >= 0.6 is 0 Å². The average molecular weight is 178 g/mol. The van der Waals surface area contributed by atoms with Crippen molar-refractivity contribution in [2.75, 3.05) is 0 Å². The SMILES string of the molecule is C=Cc1cc(C)cc(C(=O)O)c1O. The summed E-state index contributed by atoms with van der Waals surface area (Å²) in [6.07, 6.45) is 1.43. The second kappa shape index (κ2) is 3.31. The fourth-order valence-corrected chi connectivity index (χ4v) is 1.13. The Labute approximate surface area is 76.0 Å². The minimum Gasteiger partial charge on any atom is -0.506 e. The van der Waals surface area contributed by atoms with E-state index in [9.17, 15) is 9.90 Å². The van der Waals surface area contributed by atoms with E-state index in [0.29, 0.717) is 5.56 Å². The maximum atomic E-state index is 10.6. The van der Waals surface area contributed by atoms with Crippen LogP contribution in [0, 0.1) is 6.92 Å². The summed E-state index contributed by atoms with van der Waals surface area (Å²) in [5.74, 6) is -1.36. The number of hydrogen-bond acceptors (Lipinski definition) is 2. The smallest absolute Gasteiger partial charge is 0.339 e. The van der Waals surface area contributed by atoms with E-state index in [1.165, 1.54) is 12.1 Å². The highest BCUT2D eigenvalue weighted by Crippen LogP contribution is 2.25. The maximum Gasteiger partial charge on any atom is 0.339 e. The quantitative estimate of drug-likeness (QED) is 0.728. The zero-order valence-electron chi connectivity index (χ0n) is 7.24. The molecule has 68 valence electrons. The summed E-state index contributed by atoms with van der Waals surface area (Å²) in [5.41, 5.74) is 1.14. The van der Waals surface area contributed by atoms with Crippen LogP contribution in [0.15, 0.2) is 18.7 Å². The summed E-state index contributed by atoms with van der Waals surface area (Å²) < 4.78 is 0.